The summed E-state index contributed by atoms with van der Waals surface area (Å²) in [6, 6.07) is 3.85. The van der Waals surface area contributed by atoms with Gasteiger partial charge in [-0.2, -0.15) is 0 Å². The van der Waals surface area contributed by atoms with Crippen molar-refractivity contribution in [1.29, 1.82) is 0 Å². The van der Waals surface area contributed by atoms with Crippen LogP contribution < -0.4 is 15.0 Å². The molecule has 0 atom stereocenters. The first-order valence-corrected chi connectivity index (χ1v) is 11.1. The molecule has 5 rings (SSSR count). The fraction of sp³-hybridized carbons (Fsp3) is 0.600. The maximum absolute atomic E-state index is 12.8. The molecule has 1 aromatic carbocycles. The summed E-state index contributed by atoms with van der Waals surface area (Å²) in [6.45, 7) is 5.54. The van der Waals surface area contributed by atoms with E-state index >= 15 is 0 Å². The van der Waals surface area contributed by atoms with Gasteiger partial charge in [-0.15, -0.1) is 0 Å². The standard InChI is InChI=1S/C20H26N4O5S/c1-26-15-3-2-14(23-8-10-27-11-9-23)17-16(15)21-18(30-17)22-19(25)24-6-4-20(5-7-24)28-12-13-29-20/h2-3H,4-13H2,1H3,(H,21,22,25). The van der Waals surface area contributed by atoms with Gasteiger partial charge < -0.3 is 28.7 Å². The van der Waals surface area contributed by atoms with Crippen molar-refractivity contribution in [2.24, 2.45) is 0 Å². The number of aromatic nitrogens is 1. The van der Waals surface area contributed by atoms with Crippen LogP contribution in [0.25, 0.3) is 10.2 Å². The summed E-state index contributed by atoms with van der Waals surface area (Å²) in [7, 11) is 1.64. The van der Waals surface area contributed by atoms with Crippen LogP contribution in [0.1, 0.15) is 12.8 Å². The number of hydrogen-bond acceptors (Lipinski definition) is 8. The van der Waals surface area contributed by atoms with E-state index in [9.17, 15) is 4.79 Å². The number of benzene rings is 1. The zero-order chi connectivity index (χ0) is 20.6. The molecule has 10 heteroatoms. The predicted molar refractivity (Wildman–Crippen MR) is 114 cm³/mol. The van der Waals surface area contributed by atoms with Gasteiger partial charge in [0.25, 0.3) is 0 Å². The van der Waals surface area contributed by atoms with Crippen LogP contribution in [0.15, 0.2) is 12.1 Å². The quantitative estimate of drug-likeness (QED) is 0.794. The molecule has 4 heterocycles. The van der Waals surface area contributed by atoms with Gasteiger partial charge in [0.15, 0.2) is 10.9 Å². The molecule has 0 saturated carbocycles. The average molecular weight is 435 g/mol. The van der Waals surface area contributed by atoms with Crippen LogP contribution in [-0.2, 0) is 14.2 Å². The van der Waals surface area contributed by atoms with Crippen LogP contribution in [0.5, 0.6) is 5.75 Å². The molecule has 0 radical (unpaired) electrons. The van der Waals surface area contributed by atoms with Crippen LogP contribution >= 0.6 is 11.3 Å². The fourth-order valence-corrected chi connectivity index (χ4v) is 5.26. The Hall–Kier alpha value is -2.14. The van der Waals surface area contributed by atoms with Gasteiger partial charge in [0.2, 0.25) is 0 Å². The van der Waals surface area contributed by atoms with E-state index in [0.717, 1.165) is 29.0 Å². The predicted octanol–water partition coefficient (Wildman–Crippen LogP) is 2.51. The summed E-state index contributed by atoms with van der Waals surface area (Å²) < 4.78 is 23.5. The monoisotopic (exact) mass is 434 g/mol. The maximum atomic E-state index is 12.8. The molecule has 3 aliphatic rings. The third-order valence-corrected chi connectivity index (χ3v) is 6.89. The number of hydrogen-bond donors (Lipinski definition) is 1. The number of fused-ring (bicyclic) bond motifs is 1. The summed E-state index contributed by atoms with van der Waals surface area (Å²) in [5.74, 6) is 0.210. The van der Waals surface area contributed by atoms with E-state index in [0.29, 0.717) is 63.2 Å². The number of carbonyl (C=O) groups is 1. The van der Waals surface area contributed by atoms with Gasteiger partial charge in [-0.3, -0.25) is 5.32 Å². The zero-order valence-electron chi connectivity index (χ0n) is 17.0. The van der Waals surface area contributed by atoms with E-state index in [1.807, 2.05) is 6.07 Å². The number of ether oxygens (including phenoxy) is 4. The number of thiazole rings is 1. The zero-order valence-corrected chi connectivity index (χ0v) is 17.8. The molecule has 0 bridgehead atoms. The van der Waals surface area contributed by atoms with Crippen molar-refractivity contribution in [3.8, 4) is 5.75 Å². The summed E-state index contributed by atoms with van der Waals surface area (Å²) in [6.07, 6.45) is 1.38. The van der Waals surface area contributed by atoms with Crippen molar-refractivity contribution in [2.45, 2.75) is 18.6 Å². The Bertz CT molecular complexity index is 913. The molecule has 2 amide bonds. The number of nitrogens with zero attached hydrogens (tertiary/aromatic N) is 3. The van der Waals surface area contributed by atoms with Crippen molar-refractivity contribution >= 4 is 38.4 Å². The third kappa shape index (κ3) is 3.68. The number of rotatable bonds is 3. The lowest BCUT2D eigenvalue weighted by molar-refractivity contribution is -0.181. The molecule has 2 aromatic rings. The Morgan fingerprint density at radius 3 is 2.57 bits per heavy atom. The van der Waals surface area contributed by atoms with Crippen molar-refractivity contribution in [3.63, 3.8) is 0 Å². The van der Waals surface area contributed by atoms with E-state index in [2.05, 4.69) is 21.3 Å². The number of piperidine rings is 1. The minimum absolute atomic E-state index is 0.145. The van der Waals surface area contributed by atoms with Gasteiger partial charge in [0.05, 0.1) is 43.9 Å². The second-order valence-corrected chi connectivity index (χ2v) is 8.61. The molecular formula is C20H26N4O5S. The Morgan fingerprint density at radius 2 is 1.87 bits per heavy atom. The number of methoxy groups -OCH3 is 1. The highest BCUT2D eigenvalue weighted by Crippen LogP contribution is 2.40. The average Bonchev–Trinajstić information content (AvgIpc) is 3.41. The minimum atomic E-state index is -0.493. The number of amides is 2. The van der Waals surface area contributed by atoms with Crippen molar-refractivity contribution in [2.75, 3.05) is 69.9 Å². The van der Waals surface area contributed by atoms with E-state index in [-0.39, 0.29) is 6.03 Å². The molecule has 0 aliphatic carbocycles. The highest BCUT2D eigenvalue weighted by Gasteiger charge is 2.40. The Kier molecular flexibility index (Phi) is 5.40. The van der Waals surface area contributed by atoms with Gasteiger partial charge in [0.1, 0.15) is 11.3 Å². The minimum Gasteiger partial charge on any atom is -0.494 e. The number of urea groups is 1. The van der Waals surface area contributed by atoms with Crippen LogP contribution in [0, 0.1) is 0 Å². The van der Waals surface area contributed by atoms with Gasteiger partial charge in [0, 0.05) is 39.0 Å². The molecule has 1 aromatic heterocycles. The number of anilines is 2. The summed E-state index contributed by atoms with van der Waals surface area (Å²) in [4.78, 5) is 21.6. The van der Waals surface area contributed by atoms with Gasteiger partial charge in [-0.1, -0.05) is 11.3 Å². The van der Waals surface area contributed by atoms with Gasteiger partial charge >= 0.3 is 6.03 Å². The highest BCUT2D eigenvalue weighted by atomic mass is 32.1. The van der Waals surface area contributed by atoms with Crippen molar-refractivity contribution in [3.05, 3.63) is 12.1 Å². The number of carbonyl (C=O) groups excluding carboxylic acids is 1. The normalized spacial score (nSPS) is 21.4. The van der Waals surface area contributed by atoms with E-state index in [1.165, 1.54) is 11.3 Å². The van der Waals surface area contributed by atoms with E-state index < -0.39 is 5.79 Å². The summed E-state index contributed by atoms with van der Waals surface area (Å²) in [5, 5.41) is 3.55. The third-order valence-electron chi connectivity index (χ3n) is 5.90. The smallest absolute Gasteiger partial charge is 0.323 e. The molecule has 30 heavy (non-hydrogen) atoms. The van der Waals surface area contributed by atoms with Crippen LogP contribution in [0.3, 0.4) is 0 Å². The molecule has 9 nitrogen and oxygen atoms in total. The molecule has 3 fully saturated rings. The SMILES string of the molecule is COc1ccc(N2CCOCC2)c2sc(NC(=O)N3CCC4(CC3)OCCO4)nc12. The lowest BCUT2D eigenvalue weighted by Crippen LogP contribution is -2.48. The second kappa shape index (κ2) is 8.18. The van der Waals surface area contributed by atoms with Crippen LogP contribution in [0.2, 0.25) is 0 Å². The topological polar surface area (TPSA) is 85.4 Å². The van der Waals surface area contributed by atoms with E-state index in [1.54, 1.807) is 12.0 Å². The fourth-order valence-electron chi connectivity index (χ4n) is 4.25. The molecule has 0 unspecified atom stereocenters. The molecule has 162 valence electrons. The first-order chi connectivity index (χ1) is 14.7. The number of morpholine rings is 1. The molecule has 3 aliphatic heterocycles. The summed E-state index contributed by atoms with van der Waals surface area (Å²) in [5.41, 5.74) is 1.87. The molecule has 3 saturated heterocycles. The maximum Gasteiger partial charge on any atom is 0.323 e. The Morgan fingerprint density at radius 1 is 1.13 bits per heavy atom. The highest BCUT2D eigenvalue weighted by molar-refractivity contribution is 7.23. The Labute approximate surface area is 178 Å². The molecule has 1 spiro atoms. The number of likely N-dealkylation sites (tertiary alicyclic amines) is 1. The number of nitrogens with one attached hydrogen (secondary N) is 1. The second-order valence-electron chi connectivity index (χ2n) is 7.61. The van der Waals surface area contributed by atoms with Crippen LogP contribution in [-0.4, -0.2) is 81.4 Å². The lowest BCUT2D eigenvalue weighted by atomic mass is 10.0. The van der Waals surface area contributed by atoms with Gasteiger partial charge in [-0.05, 0) is 12.1 Å². The first kappa shape index (κ1) is 19.8. The Balaban J connectivity index is 1.33. The molecule has 1 N–H and O–H groups in total. The van der Waals surface area contributed by atoms with Crippen molar-refractivity contribution < 1.29 is 23.7 Å². The first-order valence-electron chi connectivity index (χ1n) is 10.3. The van der Waals surface area contributed by atoms with E-state index in [4.69, 9.17) is 18.9 Å². The molecular weight excluding hydrogens is 408 g/mol. The van der Waals surface area contributed by atoms with Crippen molar-refractivity contribution in [1.82, 2.24) is 9.88 Å². The largest absolute Gasteiger partial charge is 0.494 e. The van der Waals surface area contributed by atoms with Crippen LogP contribution in [0.4, 0.5) is 15.6 Å². The lowest BCUT2D eigenvalue weighted by Gasteiger charge is -2.37. The van der Waals surface area contributed by atoms with Gasteiger partial charge in [-0.25, -0.2) is 9.78 Å². The summed E-state index contributed by atoms with van der Waals surface area (Å²) >= 11 is 1.48.